The molecule has 0 heterocycles. The largest absolute Gasteiger partial charge is 0.358 e. The minimum Gasteiger partial charge on any atom is -0.358 e. The first-order valence-corrected chi connectivity index (χ1v) is 4.82. The zero-order valence-electron chi connectivity index (χ0n) is 9.69. The summed E-state index contributed by atoms with van der Waals surface area (Å²) >= 11 is 0. The van der Waals surface area contributed by atoms with Crippen molar-refractivity contribution in [3.63, 3.8) is 0 Å². The molecule has 80 valence electrons. The highest BCUT2D eigenvalue weighted by Gasteiger charge is 2.08. The van der Waals surface area contributed by atoms with E-state index in [1.54, 1.807) is 7.05 Å². The summed E-state index contributed by atoms with van der Waals surface area (Å²) in [7, 11) is 1.63. The molecule has 1 amide bonds. The van der Waals surface area contributed by atoms with Crippen molar-refractivity contribution in [3.8, 4) is 11.8 Å². The van der Waals surface area contributed by atoms with Crippen molar-refractivity contribution < 1.29 is 4.79 Å². The van der Waals surface area contributed by atoms with Crippen LogP contribution in [0.2, 0.25) is 0 Å². The van der Waals surface area contributed by atoms with Crippen LogP contribution in [-0.2, 0) is 4.79 Å². The lowest BCUT2D eigenvalue weighted by atomic mass is 9.98. The molecule has 3 nitrogen and oxygen atoms in total. The summed E-state index contributed by atoms with van der Waals surface area (Å²) in [5, 5.41) is 5.59. The Bertz CT molecular complexity index is 242. The number of carbonyl (C=O) groups is 1. The van der Waals surface area contributed by atoms with Gasteiger partial charge in [0.25, 0.3) is 0 Å². The lowest BCUT2D eigenvalue weighted by Crippen LogP contribution is -2.40. The molecule has 1 atom stereocenters. The van der Waals surface area contributed by atoms with Crippen molar-refractivity contribution in [2.45, 2.75) is 33.7 Å². The van der Waals surface area contributed by atoms with E-state index < -0.39 is 0 Å². The number of nitrogens with one attached hydrogen (secondary N) is 2. The lowest BCUT2D eigenvalue weighted by Gasteiger charge is -2.10. The molecule has 1 unspecified atom stereocenters. The van der Waals surface area contributed by atoms with Gasteiger partial charge in [0, 0.05) is 12.5 Å². The highest BCUT2D eigenvalue weighted by molar-refractivity contribution is 5.80. The molecular weight excluding hydrogens is 176 g/mol. The van der Waals surface area contributed by atoms with Gasteiger partial charge in [-0.1, -0.05) is 11.8 Å². The maximum atomic E-state index is 11.1. The van der Waals surface area contributed by atoms with Crippen LogP contribution in [0, 0.1) is 17.3 Å². The molecule has 0 spiro atoms. The maximum Gasteiger partial charge on any atom is 0.236 e. The van der Waals surface area contributed by atoms with Gasteiger partial charge >= 0.3 is 0 Å². The van der Waals surface area contributed by atoms with Crippen molar-refractivity contribution >= 4 is 5.91 Å². The van der Waals surface area contributed by atoms with E-state index in [2.05, 4.69) is 43.2 Å². The van der Waals surface area contributed by atoms with Gasteiger partial charge in [0.05, 0.1) is 12.6 Å². The Labute approximate surface area is 86.6 Å². The third-order valence-corrected chi connectivity index (χ3v) is 1.60. The van der Waals surface area contributed by atoms with Crippen LogP contribution in [0.4, 0.5) is 0 Å². The van der Waals surface area contributed by atoms with Crippen molar-refractivity contribution in [1.29, 1.82) is 0 Å². The van der Waals surface area contributed by atoms with E-state index >= 15 is 0 Å². The van der Waals surface area contributed by atoms with E-state index in [1.165, 1.54) is 0 Å². The molecular formula is C11H20N2O. The van der Waals surface area contributed by atoms with E-state index in [0.29, 0.717) is 6.54 Å². The molecule has 0 aromatic rings. The monoisotopic (exact) mass is 196 g/mol. The molecule has 0 aliphatic rings. The zero-order valence-corrected chi connectivity index (χ0v) is 9.69. The van der Waals surface area contributed by atoms with E-state index in [0.717, 1.165) is 0 Å². The molecule has 0 rings (SSSR count). The maximum absolute atomic E-state index is 11.1. The summed E-state index contributed by atoms with van der Waals surface area (Å²) < 4.78 is 0. The first kappa shape index (κ1) is 13.0. The molecule has 3 heteroatoms. The van der Waals surface area contributed by atoms with Gasteiger partial charge in [-0.2, -0.15) is 0 Å². The third-order valence-electron chi connectivity index (χ3n) is 1.60. The fourth-order valence-electron chi connectivity index (χ4n) is 0.823. The second-order valence-electron chi connectivity index (χ2n) is 4.27. The molecule has 0 aromatic carbocycles. The number of rotatable bonds is 3. The average Bonchev–Trinajstić information content (AvgIpc) is 2.09. The van der Waals surface area contributed by atoms with E-state index in [4.69, 9.17) is 0 Å². The first-order valence-electron chi connectivity index (χ1n) is 4.82. The standard InChI is InChI=1S/C11H20N2O/c1-9(10(14)12-5)13-8-6-7-11(2,3)4/h9,13H,8H2,1-5H3,(H,12,14). The Hall–Kier alpha value is -1.01. The van der Waals surface area contributed by atoms with Crippen LogP contribution in [0.5, 0.6) is 0 Å². The van der Waals surface area contributed by atoms with Gasteiger partial charge < -0.3 is 5.32 Å². The van der Waals surface area contributed by atoms with Gasteiger partial charge in [-0.25, -0.2) is 0 Å². The summed E-state index contributed by atoms with van der Waals surface area (Å²) in [6.07, 6.45) is 0. The topological polar surface area (TPSA) is 41.1 Å². The van der Waals surface area contributed by atoms with Crippen LogP contribution in [0.15, 0.2) is 0 Å². The zero-order chi connectivity index (χ0) is 11.2. The molecule has 0 aromatic heterocycles. The highest BCUT2D eigenvalue weighted by atomic mass is 16.2. The van der Waals surface area contributed by atoms with Crippen LogP contribution >= 0.6 is 0 Å². The molecule has 0 radical (unpaired) electrons. The molecule has 0 aliphatic heterocycles. The number of hydrogen-bond acceptors (Lipinski definition) is 2. The summed E-state index contributed by atoms with van der Waals surface area (Å²) in [5.74, 6) is 6.07. The van der Waals surface area contributed by atoms with Gasteiger partial charge in [0.2, 0.25) is 5.91 Å². The summed E-state index contributed by atoms with van der Waals surface area (Å²) in [6, 6.07) is -0.186. The van der Waals surface area contributed by atoms with Crippen LogP contribution < -0.4 is 10.6 Å². The van der Waals surface area contributed by atoms with Gasteiger partial charge in [-0.15, -0.1) is 0 Å². The van der Waals surface area contributed by atoms with Crippen molar-refractivity contribution in [1.82, 2.24) is 10.6 Å². The van der Waals surface area contributed by atoms with Gasteiger partial charge in [-0.05, 0) is 27.7 Å². The highest BCUT2D eigenvalue weighted by Crippen LogP contribution is 2.09. The number of carbonyl (C=O) groups excluding carboxylic acids is 1. The predicted octanol–water partition coefficient (Wildman–Crippen LogP) is 0.760. The van der Waals surface area contributed by atoms with Crippen molar-refractivity contribution in [2.24, 2.45) is 5.41 Å². The first-order chi connectivity index (χ1) is 6.37. The summed E-state index contributed by atoms with van der Waals surface area (Å²) in [5.41, 5.74) is 0.0257. The molecule has 0 saturated carbocycles. The molecule has 0 bridgehead atoms. The minimum absolute atomic E-state index is 0.0115. The Balaban J connectivity index is 3.84. The molecule has 0 aliphatic carbocycles. The normalized spacial score (nSPS) is 12.6. The molecule has 0 saturated heterocycles. The Morgan fingerprint density at radius 1 is 1.43 bits per heavy atom. The Morgan fingerprint density at radius 3 is 2.43 bits per heavy atom. The summed E-state index contributed by atoms with van der Waals surface area (Å²) in [4.78, 5) is 11.1. The Morgan fingerprint density at radius 2 is 2.00 bits per heavy atom. The number of likely N-dealkylation sites (N-methyl/N-ethyl adjacent to an activating group) is 1. The second kappa shape index (κ2) is 5.66. The molecule has 2 N–H and O–H groups in total. The molecule has 0 fully saturated rings. The average molecular weight is 196 g/mol. The van der Waals surface area contributed by atoms with Crippen LogP contribution in [0.25, 0.3) is 0 Å². The van der Waals surface area contributed by atoms with Crippen molar-refractivity contribution in [3.05, 3.63) is 0 Å². The van der Waals surface area contributed by atoms with Gasteiger partial charge in [0.15, 0.2) is 0 Å². The quantitative estimate of drug-likeness (QED) is 0.654. The van der Waals surface area contributed by atoms with Gasteiger partial charge in [-0.3, -0.25) is 10.1 Å². The predicted molar refractivity (Wildman–Crippen MR) is 58.8 cm³/mol. The summed E-state index contributed by atoms with van der Waals surface area (Å²) in [6.45, 7) is 8.54. The van der Waals surface area contributed by atoms with Crippen LogP contribution in [0.3, 0.4) is 0 Å². The lowest BCUT2D eigenvalue weighted by molar-refractivity contribution is -0.122. The van der Waals surface area contributed by atoms with Crippen molar-refractivity contribution in [2.75, 3.05) is 13.6 Å². The number of hydrogen-bond donors (Lipinski definition) is 2. The van der Waals surface area contributed by atoms with Crippen LogP contribution in [0.1, 0.15) is 27.7 Å². The Kier molecular flexibility index (Phi) is 5.26. The SMILES string of the molecule is CNC(=O)C(C)NCC#CC(C)(C)C. The fourth-order valence-corrected chi connectivity index (χ4v) is 0.823. The van der Waals surface area contributed by atoms with Crippen LogP contribution in [-0.4, -0.2) is 25.5 Å². The van der Waals surface area contributed by atoms with Gasteiger partial charge in [0.1, 0.15) is 0 Å². The van der Waals surface area contributed by atoms with E-state index in [-0.39, 0.29) is 17.4 Å². The minimum atomic E-state index is -0.186. The number of amides is 1. The molecule has 14 heavy (non-hydrogen) atoms. The second-order valence-corrected chi connectivity index (χ2v) is 4.27. The van der Waals surface area contributed by atoms with E-state index in [1.807, 2.05) is 6.92 Å². The smallest absolute Gasteiger partial charge is 0.236 e. The van der Waals surface area contributed by atoms with E-state index in [9.17, 15) is 4.79 Å². The third kappa shape index (κ3) is 6.50. The fraction of sp³-hybridized carbons (Fsp3) is 0.727.